The van der Waals surface area contributed by atoms with Gasteiger partial charge in [-0.1, -0.05) is 24.1 Å². The summed E-state index contributed by atoms with van der Waals surface area (Å²) in [6.07, 6.45) is 4.97. The van der Waals surface area contributed by atoms with Crippen LogP contribution in [-0.4, -0.2) is 13.0 Å². The van der Waals surface area contributed by atoms with Crippen LogP contribution in [0.4, 0.5) is 0 Å². The Morgan fingerprint density at radius 2 is 1.88 bits per heavy atom. The van der Waals surface area contributed by atoms with Crippen LogP contribution in [-0.2, 0) is 4.74 Å². The number of aliphatic imine (C=N–C) groups is 1. The van der Waals surface area contributed by atoms with Crippen molar-refractivity contribution in [2.45, 2.75) is 41.0 Å². The lowest BCUT2D eigenvalue weighted by molar-refractivity contribution is 0.398. The van der Waals surface area contributed by atoms with E-state index in [9.17, 15) is 0 Å². The van der Waals surface area contributed by atoms with E-state index in [-0.39, 0.29) is 0 Å². The van der Waals surface area contributed by atoms with E-state index in [1.54, 1.807) is 7.11 Å². The van der Waals surface area contributed by atoms with Crippen molar-refractivity contribution >= 4 is 5.90 Å². The van der Waals surface area contributed by atoms with Gasteiger partial charge in [-0.25, -0.2) is 4.99 Å². The standard InChI is InChI=1S/C15H25NO/c1-8-9-12(4)15(16-14(6)17-7)10-13(5)11(2)3/h8,10,12H,1,9H2,2-7H3/b15-10+,16-14?. The Balaban J connectivity index is 5.25. The highest BCUT2D eigenvalue weighted by atomic mass is 16.5. The van der Waals surface area contributed by atoms with Crippen LogP contribution in [0.1, 0.15) is 41.0 Å². The largest absolute Gasteiger partial charge is 0.484 e. The highest BCUT2D eigenvalue weighted by molar-refractivity contribution is 5.74. The number of nitrogens with zero attached hydrogens (tertiary/aromatic N) is 1. The second-order valence-corrected chi connectivity index (χ2v) is 4.51. The SMILES string of the molecule is C=CCC(C)/C(=C\C(C)=C(C)C)N=C(C)OC. The van der Waals surface area contributed by atoms with Gasteiger partial charge in [0, 0.05) is 18.5 Å². The fourth-order valence-electron chi connectivity index (χ4n) is 1.25. The Bertz CT molecular complexity index is 344. The third kappa shape index (κ3) is 6.10. The van der Waals surface area contributed by atoms with Gasteiger partial charge in [-0.2, -0.15) is 0 Å². The van der Waals surface area contributed by atoms with Crippen LogP contribution < -0.4 is 0 Å². The summed E-state index contributed by atoms with van der Waals surface area (Å²) in [5.41, 5.74) is 3.60. The molecule has 0 aromatic heterocycles. The summed E-state index contributed by atoms with van der Waals surface area (Å²) in [6, 6.07) is 0. The van der Waals surface area contributed by atoms with Crippen molar-refractivity contribution in [3.63, 3.8) is 0 Å². The summed E-state index contributed by atoms with van der Waals surface area (Å²) in [6.45, 7) is 14.1. The predicted octanol–water partition coefficient (Wildman–Crippen LogP) is 4.50. The fourth-order valence-corrected chi connectivity index (χ4v) is 1.25. The summed E-state index contributed by atoms with van der Waals surface area (Å²) < 4.78 is 5.12. The zero-order valence-corrected chi connectivity index (χ0v) is 12.0. The maximum Gasteiger partial charge on any atom is 0.184 e. The quantitative estimate of drug-likeness (QED) is 0.297. The molecule has 0 aliphatic heterocycles. The zero-order chi connectivity index (χ0) is 13.4. The van der Waals surface area contributed by atoms with Crippen LogP contribution in [0.5, 0.6) is 0 Å². The van der Waals surface area contributed by atoms with Gasteiger partial charge in [-0.3, -0.25) is 0 Å². The number of methoxy groups -OCH3 is 1. The molecule has 0 amide bonds. The molecular formula is C15H25NO. The van der Waals surface area contributed by atoms with Crippen LogP contribution in [0.3, 0.4) is 0 Å². The molecule has 1 atom stereocenters. The minimum atomic E-state index is 0.354. The molecule has 0 fully saturated rings. The minimum absolute atomic E-state index is 0.354. The molecule has 0 aromatic carbocycles. The van der Waals surface area contributed by atoms with Crippen molar-refractivity contribution in [2.75, 3.05) is 7.11 Å². The molecule has 0 spiro atoms. The van der Waals surface area contributed by atoms with Gasteiger partial charge in [-0.05, 0) is 33.3 Å². The molecule has 0 aromatic rings. The molecule has 0 rings (SSSR count). The average molecular weight is 235 g/mol. The van der Waals surface area contributed by atoms with Crippen LogP contribution in [0.2, 0.25) is 0 Å². The van der Waals surface area contributed by atoms with E-state index >= 15 is 0 Å². The van der Waals surface area contributed by atoms with Crippen molar-refractivity contribution in [3.8, 4) is 0 Å². The van der Waals surface area contributed by atoms with Crippen LogP contribution in [0, 0.1) is 5.92 Å². The monoisotopic (exact) mass is 235 g/mol. The highest BCUT2D eigenvalue weighted by Gasteiger charge is 2.07. The van der Waals surface area contributed by atoms with E-state index in [0.29, 0.717) is 11.8 Å². The smallest absolute Gasteiger partial charge is 0.184 e. The Morgan fingerprint density at radius 3 is 2.29 bits per heavy atom. The summed E-state index contributed by atoms with van der Waals surface area (Å²) in [5.74, 6) is 1.04. The molecule has 0 heterocycles. The van der Waals surface area contributed by atoms with Gasteiger partial charge in [0.15, 0.2) is 5.90 Å². The Morgan fingerprint density at radius 1 is 1.29 bits per heavy atom. The van der Waals surface area contributed by atoms with Crippen LogP contribution in [0.15, 0.2) is 40.6 Å². The zero-order valence-electron chi connectivity index (χ0n) is 12.0. The Hall–Kier alpha value is -1.31. The normalized spacial score (nSPS) is 14.2. The molecule has 96 valence electrons. The van der Waals surface area contributed by atoms with E-state index < -0.39 is 0 Å². The van der Waals surface area contributed by atoms with E-state index in [0.717, 1.165) is 12.1 Å². The molecule has 0 aliphatic rings. The average Bonchev–Trinajstić information content (AvgIpc) is 2.27. The van der Waals surface area contributed by atoms with Gasteiger partial charge in [0.1, 0.15) is 0 Å². The lowest BCUT2D eigenvalue weighted by atomic mass is 10.0. The second-order valence-electron chi connectivity index (χ2n) is 4.51. The minimum Gasteiger partial charge on any atom is -0.484 e. The van der Waals surface area contributed by atoms with Crippen molar-refractivity contribution in [1.82, 2.24) is 0 Å². The molecule has 0 radical (unpaired) electrons. The van der Waals surface area contributed by atoms with Gasteiger partial charge in [0.05, 0.1) is 7.11 Å². The van der Waals surface area contributed by atoms with Gasteiger partial charge in [-0.15, -0.1) is 6.58 Å². The molecule has 0 saturated heterocycles. The maximum absolute atomic E-state index is 5.12. The lowest BCUT2D eigenvalue weighted by Crippen LogP contribution is -2.02. The topological polar surface area (TPSA) is 21.6 Å². The van der Waals surface area contributed by atoms with Gasteiger partial charge >= 0.3 is 0 Å². The Labute approximate surface area is 106 Å². The maximum atomic E-state index is 5.12. The summed E-state index contributed by atoms with van der Waals surface area (Å²) in [7, 11) is 1.64. The number of hydrogen-bond acceptors (Lipinski definition) is 2. The molecule has 17 heavy (non-hydrogen) atoms. The van der Waals surface area contributed by atoms with E-state index in [4.69, 9.17) is 4.74 Å². The van der Waals surface area contributed by atoms with E-state index in [1.807, 2.05) is 13.0 Å². The lowest BCUT2D eigenvalue weighted by Gasteiger charge is -2.12. The van der Waals surface area contributed by atoms with Crippen molar-refractivity contribution < 1.29 is 4.74 Å². The first-order valence-corrected chi connectivity index (χ1v) is 5.98. The first-order valence-electron chi connectivity index (χ1n) is 5.98. The van der Waals surface area contributed by atoms with E-state index in [1.165, 1.54) is 11.1 Å². The van der Waals surface area contributed by atoms with Crippen LogP contribution in [0.25, 0.3) is 0 Å². The second kappa shape index (κ2) is 7.88. The third-order valence-electron chi connectivity index (χ3n) is 2.76. The number of ether oxygens (including phenoxy) is 1. The molecule has 0 N–H and O–H groups in total. The van der Waals surface area contributed by atoms with Crippen molar-refractivity contribution in [3.05, 3.63) is 35.6 Å². The summed E-state index contributed by atoms with van der Waals surface area (Å²) in [5, 5.41) is 0. The van der Waals surface area contributed by atoms with E-state index in [2.05, 4.69) is 45.3 Å². The third-order valence-corrected chi connectivity index (χ3v) is 2.76. The summed E-state index contributed by atoms with van der Waals surface area (Å²) in [4.78, 5) is 4.51. The molecule has 2 nitrogen and oxygen atoms in total. The number of hydrogen-bond donors (Lipinski definition) is 0. The number of rotatable bonds is 5. The Kier molecular flexibility index (Phi) is 7.27. The highest BCUT2D eigenvalue weighted by Crippen LogP contribution is 2.20. The molecular weight excluding hydrogens is 210 g/mol. The van der Waals surface area contributed by atoms with Crippen molar-refractivity contribution in [1.29, 1.82) is 0 Å². The molecule has 0 saturated carbocycles. The first-order chi connectivity index (χ1) is 7.92. The van der Waals surface area contributed by atoms with Gasteiger partial charge in [0.2, 0.25) is 0 Å². The molecule has 1 unspecified atom stereocenters. The van der Waals surface area contributed by atoms with Crippen LogP contribution >= 0.6 is 0 Å². The number of allylic oxidation sites excluding steroid dienone is 5. The fraction of sp³-hybridized carbons (Fsp3) is 0.533. The van der Waals surface area contributed by atoms with Gasteiger partial charge < -0.3 is 4.74 Å². The van der Waals surface area contributed by atoms with Crippen molar-refractivity contribution in [2.24, 2.45) is 10.9 Å². The predicted molar refractivity (Wildman–Crippen MR) is 76.2 cm³/mol. The summed E-state index contributed by atoms with van der Waals surface area (Å²) >= 11 is 0. The first kappa shape index (κ1) is 15.7. The molecule has 2 heteroatoms. The van der Waals surface area contributed by atoms with Gasteiger partial charge in [0.25, 0.3) is 0 Å². The molecule has 0 bridgehead atoms. The molecule has 0 aliphatic carbocycles.